The minimum absolute atomic E-state index is 0.0931. The van der Waals surface area contributed by atoms with Gasteiger partial charge in [0.1, 0.15) is 0 Å². The molecule has 1 aromatic rings. The minimum atomic E-state index is -0.162. The molecule has 1 amide bonds. The standard InChI is InChI=1S/C11H14N2O2/c14-10-4-8(5-10)6-13-11(15)9-2-1-3-12-7-9/h1-3,7-8,10,14H,4-6H2,(H,13,15). The van der Waals surface area contributed by atoms with Gasteiger partial charge in [0.25, 0.3) is 5.91 Å². The number of aliphatic hydroxyl groups excluding tert-OH is 1. The second-order valence-corrected chi connectivity index (χ2v) is 3.94. The number of nitrogens with one attached hydrogen (secondary N) is 1. The van der Waals surface area contributed by atoms with Crippen molar-refractivity contribution in [2.75, 3.05) is 6.54 Å². The van der Waals surface area contributed by atoms with E-state index >= 15 is 0 Å². The maximum absolute atomic E-state index is 11.6. The normalized spacial score (nSPS) is 24.3. The number of hydrogen-bond donors (Lipinski definition) is 2. The molecule has 80 valence electrons. The van der Waals surface area contributed by atoms with Crippen LogP contribution in [0.5, 0.6) is 0 Å². The van der Waals surface area contributed by atoms with Gasteiger partial charge in [0.15, 0.2) is 0 Å². The first-order chi connectivity index (χ1) is 7.25. The quantitative estimate of drug-likeness (QED) is 0.760. The van der Waals surface area contributed by atoms with Gasteiger partial charge in [-0.05, 0) is 30.9 Å². The summed E-state index contributed by atoms with van der Waals surface area (Å²) in [5.74, 6) is 0.338. The summed E-state index contributed by atoms with van der Waals surface area (Å²) >= 11 is 0. The molecule has 0 spiro atoms. The number of aliphatic hydroxyl groups is 1. The van der Waals surface area contributed by atoms with Gasteiger partial charge in [-0.1, -0.05) is 0 Å². The van der Waals surface area contributed by atoms with Gasteiger partial charge in [-0.25, -0.2) is 0 Å². The first-order valence-electron chi connectivity index (χ1n) is 5.12. The summed E-state index contributed by atoms with van der Waals surface area (Å²) in [5, 5.41) is 11.9. The van der Waals surface area contributed by atoms with E-state index in [0.717, 1.165) is 12.8 Å². The highest BCUT2D eigenvalue weighted by molar-refractivity contribution is 5.93. The van der Waals surface area contributed by atoms with Crippen molar-refractivity contribution in [3.63, 3.8) is 0 Å². The maximum Gasteiger partial charge on any atom is 0.252 e. The highest BCUT2D eigenvalue weighted by atomic mass is 16.3. The zero-order valence-corrected chi connectivity index (χ0v) is 8.39. The predicted molar refractivity (Wildman–Crippen MR) is 55.3 cm³/mol. The zero-order valence-electron chi connectivity index (χ0n) is 8.39. The molecule has 2 N–H and O–H groups in total. The van der Waals surface area contributed by atoms with E-state index in [1.54, 1.807) is 24.5 Å². The van der Waals surface area contributed by atoms with Gasteiger partial charge in [-0.15, -0.1) is 0 Å². The average molecular weight is 206 g/mol. The SMILES string of the molecule is O=C(NCC1CC(O)C1)c1cccnc1. The monoisotopic (exact) mass is 206 g/mol. The first kappa shape index (κ1) is 10.1. The minimum Gasteiger partial charge on any atom is -0.393 e. The van der Waals surface area contributed by atoms with Crippen molar-refractivity contribution >= 4 is 5.91 Å². The molecular formula is C11H14N2O2. The third-order valence-electron chi connectivity index (χ3n) is 2.69. The number of hydrogen-bond acceptors (Lipinski definition) is 3. The van der Waals surface area contributed by atoms with Gasteiger partial charge >= 0.3 is 0 Å². The van der Waals surface area contributed by atoms with Gasteiger partial charge in [0.05, 0.1) is 11.7 Å². The Labute approximate surface area is 88.3 Å². The number of nitrogens with zero attached hydrogens (tertiary/aromatic N) is 1. The van der Waals surface area contributed by atoms with Gasteiger partial charge < -0.3 is 10.4 Å². The van der Waals surface area contributed by atoms with Crippen LogP contribution in [0.2, 0.25) is 0 Å². The van der Waals surface area contributed by atoms with Gasteiger partial charge in [-0.3, -0.25) is 9.78 Å². The highest BCUT2D eigenvalue weighted by Crippen LogP contribution is 2.26. The lowest BCUT2D eigenvalue weighted by Gasteiger charge is -2.31. The van der Waals surface area contributed by atoms with E-state index < -0.39 is 0 Å². The van der Waals surface area contributed by atoms with Crippen LogP contribution in [0, 0.1) is 5.92 Å². The Morgan fingerprint density at radius 3 is 3.00 bits per heavy atom. The lowest BCUT2D eigenvalue weighted by Crippen LogP contribution is -2.38. The van der Waals surface area contributed by atoms with E-state index in [4.69, 9.17) is 5.11 Å². The van der Waals surface area contributed by atoms with Crippen molar-refractivity contribution in [1.29, 1.82) is 0 Å². The smallest absolute Gasteiger partial charge is 0.252 e. The van der Waals surface area contributed by atoms with E-state index in [-0.39, 0.29) is 12.0 Å². The van der Waals surface area contributed by atoms with Crippen molar-refractivity contribution in [2.45, 2.75) is 18.9 Å². The van der Waals surface area contributed by atoms with Crippen molar-refractivity contribution in [3.8, 4) is 0 Å². The maximum atomic E-state index is 11.6. The van der Waals surface area contributed by atoms with Crippen LogP contribution in [0.15, 0.2) is 24.5 Å². The van der Waals surface area contributed by atoms with Crippen LogP contribution in [0.1, 0.15) is 23.2 Å². The molecule has 0 bridgehead atoms. The fourth-order valence-corrected chi connectivity index (χ4v) is 1.70. The van der Waals surface area contributed by atoms with Crippen molar-refractivity contribution in [3.05, 3.63) is 30.1 Å². The van der Waals surface area contributed by atoms with E-state index in [1.807, 2.05) is 0 Å². The zero-order chi connectivity index (χ0) is 10.7. The molecule has 0 aromatic carbocycles. The number of rotatable bonds is 3. The Balaban J connectivity index is 1.78. The Bertz CT molecular complexity index is 334. The van der Waals surface area contributed by atoms with E-state index in [9.17, 15) is 4.79 Å². The topological polar surface area (TPSA) is 62.2 Å². The molecule has 4 heteroatoms. The summed E-state index contributed by atoms with van der Waals surface area (Å²) in [7, 11) is 0. The van der Waals surface area contributed by atoms with E-state index in [2.05, 4.69) is 10.3 Å². The summed E-state index contributed by atoms with van der Waals surface area (Å²) in [5.41, 5.74) is 0.581. The summed E-state index contributed by atoms with van der Waals surface area (Å²) in [6.07, 6.45) is 4.62. The number of carbonyl (C=O) groups excluding carboxylic acids is 1. The molecule has 0 aliphatic heterocycles. The molecule has 1 heterocycles. The van der Waals surface area contributed by atoms with Gasteiger partial charge in [0.2, 0.25) is 0 Å². The fraction of sp³-hybridized carbons (Fsp3) is 0.455. The molecule has 0 unspecified atom stereocenters. The average Bonchev–Trinajstić information content (AvgIpc) is 2.23. The number of pyridine rings is 1. The number of aromatic nitrogens is 1. The van der Waals surface area contributed by atoms with Crippen LogP contribution in [0.25, 0.3) is 0 Å². The van der Waals surface area contributed by atoms with Gasteiger partial charge in [0, 0.05) is 18.9 Å². The van der Waals surface area contributed by atoms with Crippen LogP contribution in [0.4, 0.5) is 0 Å². The molecule has 1 aliphatic rings. The summed E-state index contributed by atoms with van der Waals surface area (Å²) in [6, 6.07) is 3.47. The van der Waals surface area contributed by atoms with Crippen LogP contribution >= 0.6 is 0 Å². The highest BCUT2D eigenvalue weighted by Gasteiger charge is 2.27. The summed E-state index contributed by atoms with van der Waals surface area (Å²) in [6.45, 7) is 0.644. The first-order valence-corrected chi connectivity index (χ1v) is 5.12. The Kier molecular flexibility index (Phi) is 2.97. The Hall–Kier alpha value is -1.42. The fourth-order valence-electron chi connectivity index (χ4n) is 1.70. The van der Waals surface area contributed by atoms with Crippen LogP contribution < -0.4 is 5.32 Å². The molecule has 15 heavy (non-hydrogen) atoms. The van der Waals surface area contributed by atoms with Crippen LogP contribution in [0.3, 0.4) is 0 Å². The van der Waals surface area contributed by atoms with Gasteiger partial charge in [-0.2, -0.15) is 0 Å². The molecule has 0 saturated heterocycles. The van der Waals surface area contributed by atoms with Crippen molar-refractivity contribution in [1.82, 2.24) is 10.3 Å². The molecule has 1 aliphatic carbocycles. The second kappa shape index (κ2) is 4.40. The van der Waals surface area contributed by atoms with Crippen LogP contribution in [-0.2, 0) is 0 Å². The van der Waals surface area contributed by atoms with Crippen molar-refractivity contribution in [2.24, 2.45) is 5.92 Å². The third-order valence-corrected chi connectivity index (χ3v) is 2.69. The number of amides is 1. The Morgan fingerprint density at radius 2 is 2.40 bits per heavy atom. The number of carbonyl (C=O) groups is 1. The molecule has 1 saturated carbocycles. The van der Waals surface area contributed by atoms with E-state index in [1.165, 1.54) is 0 Å². The second-order valence-electron chi connectivity index (χ2n) is 3.94. The summed E-state index contributed by atoms with van der Waals surface area (Å²) < 4.78 is 0. The lowest BCUT2D eigenvalue weighted by molar-refractivity contribution is 0.0420. The molecule has 2 rings (SSSR count). The lowest BCUT2D eigenvalue weighted by atomic mass is 9.82. The molecule has 4 nitrogen and oxygen atoms in total. The Morgan fingerprint density at radius 1 is 1.60 bits per heavy atom. The van der Waals surface area contributed by atoms with Crippen molar-refractivity contribution < 1.29 is 9.90 Å². The third kappa shape index (κ3) is 2.53. The van der Waals surface area contributed by atoms with E-state index in [0.29, 0.717) is 18.0 Å². The molecule has 1 aromatic heterocycles. The predicted octanol–water partition coefficient (Wildman–Crippen LogP) is 0.582. The molecule has 1 fully saturated rings. The largest absolute Gasteiger partial charge is 0.393 e. The molecule has 0 atom stereocenters. The van der Waals surface area contributed by atoms with Crippen LogP contribution in [-0.4, -0.2) is 28.6 Å². The molecular weight excluding hydrogens is 192 g/mol. The summed E-state index contributed by atoms with van der Waals surface area (Å²) in [4.78, 5) is 15.4. The molecule has 0 radical (unpaired) electrons.